The molecule has 0 radical (unpaired) electrons. The summed E-state index contributed by atoms with van der Waals surface area (Å²) in [7, 11) is 0. The van der Waals surface area contributed by atoms with Crippen molar-refractivity contribution in [2.75, 3.05) is 0 Å². The molecule has 0 bridgehead atoms. The predicted molar refractivity (Wildman–Crippen MR) is 145 cm³/mol. The first-order chi connectivity index (χ1) is 17.0. The van der Waals surface area contributed by atoms with Crippen molar-refractivity contribution in [3.8, 4) is 28.2 Å². The molecular weight excluding hydrogens is 428 g/mol. The molecule has 0 N–H and O–H groups in total. The predicted octanol–water partition coefficient (Wildman–Crippen LogP) is 8.85. The molecule has 2 heterocycles. The molecule has 0 saturated heterocycles. The van der Waals surface area contributed by atoms with Gasteiger partial charge in [-0.15, -0.1) is 0 Å². The standard InChI is InChI=1S/C32H28N2O/c1-20(2)24-14-15-30-26(18-24)27(19-35-30)32-33-28-12-8-9-13-29(28)34(32)31-21(3)16-25(17-22(31)4)23-10-6-5-7-11-23/h5-20H,1-4H3. The van der Waals surface area contributed by atoms with Gasteiger partial charge in [0.05, 0.1) is 22.3 Å². The Hall–Kier alpha value is -4.11. The average Bonchev–Trinajstić information content (AvgIpc) is 3.45. The van der Waals surface area contributed by atoms with Gasteiger partial charge in [0.1, 0.15) is 17.7 Å². The van der Waals surface area contributed by atoms with E-state index in [0.29, 0.717) is 5.92 Å². The molecule has 0 unspecified atom stereocenters. The molecule has 0 aliphatic rings. The maximum Gasteiger partial charge on any atom is 0.149 e. The summed E-state index contributed by atoms with van der Waals surface area (Å²) in [5.74, 6) is 1.35. The molecule has 0 spiro atoms. The van der Waals surface area contributed by atoms with E-state index in [4.69, 9.17) is 9.40 Å². The zero-order valence-corrected chi connectivity index (χ0v) is 20.5. The zero-order valence-electron chi connectivity index (χ0n) is 20.5. The largest absolute Gasteiger partial charge is 0.464 e. The van der Waals surface area contributed by atoms with Crippen molar-refractivity contribution in [3.05, 3.63) is 108 Å². The third-order valence-corrected chi connectivity index (χ3v) is 6.89. The van der Waals surface area contributed by atoms with Gasteiger partial charge in [-0.3, -0.25) is 4.57 Å². The molecule has 0 atom stereocenters. The van der Waals surface area contributed by atoms with Crippen molar-refractivity contribution in [1.82, 2.24) is 9.55 Å². The summed E-state index contributed by atoms with van der Waals surface area (Å²) in [5.41, 5.74) is 11.3. The van der Waals surface area contributed by atoms with Crippen LogP contribution in [0, 0.1) is 13.8 Å². The number of hydrogen-bond acceptors (Lipinski definition) is 2. The number of aromatic nitrogens is 2. The molecule has 6 aromatic rings. The van der Waals surface area contributed by atoms with E-state index < -0.39 is 0 Å². The monoisotopic (exact) mass is 456 g/mol. The molecule has 35 heavy (non-hydrogen) atoms. The van der Waals surface area contributed by atoms with E-state index in [9.17, 15) is 0 Å². The molecule has 6 rings (SSSR count). The van der Waals surface area contributed by atoms with Gasteiger partial charge in [-0.1, -0.05) is 62.4 Å². The van der Waals surface area contributed by atoms with Crippen LogP contribution < -0.4 is 0 Å². The first-order valence-corrected chi connectivity index (χ1v) is 12.2. The molecule has 0 aliphatic heterocycles. The Morgan fingerprint density at radius 3 is 2.23 bits per heavy atom. The number of nitrogens with zero attached hydrogens (tertiary/aromatic N) is 2. The number of furan rings is 1. The summed E-state index contributed by atoms with van der Waals surface area (Å²) in [6, 6.07) is 30.0. The van der Waals surface area contributed by atoms with E-state index in [1.165, 1.54) is 33.5 Å². The van der Waals surface area contributed by atoms with Crippen molar-refractivity contribution in [1.29, 1.82) is 0 Å². The first kappa shape index (κ1) is 21.4. The molecule has 0 saturated carbocycles. The second-order valence-electron chi connectivity index (χ2n) is 9.64. The highest BCUT2D eigenvalue weighted by atomic mass is 16.3. The summed E-state index contributed by atoms with van der Waals surface area (Å²) < 4.78 is 8.32. The molecule has 0 fully saturated rings. The third kappa shape index (κ3) is 3.55. The smallest absolute Gasteiger partial charge is 0.149 e. The maximum atomic E-state index is 6.01. The van der Waals surface area contributed by atoms with Crippen molar-refractivity contribution < 1.29 is 4.42 Å². The van der Waals surface area contributed by atoms with Gasteiger partial charge in [0, 0.05) is 5.39 Å². The van der Waals surface area contributed by atoms with Crippen LogP contribution >= 0.6 is 0 Å². The van der Waals surface area contributed by atoms with Gasteiger partial charge in [-0.25, -0.2) is 4.98 Å². The average molecular weight is 457 g/mol. The first-order valence-electron chi connectivity index (χ1n) is 12.2. The van der Waals surface area contributed by atoms with Crippen LogP contribution in [0.5, 0.6) is 0 Å². The lowest BCUT2D eigenvalue weighted by atomic mass is 9.98. The summed E-state index contributed by atoms with van der Waals surface area (Å²) in [5, 5.41) is 1.10. The summed E-state index contributed by atoms with van der Waals surface area (Å²) in [6.45, 7) is 8.82. The molecule has 2 aromatic heterocycles. The maximum absolute atomic E-state index is 6.01. The van der Waals surface area contributed by atoms with Crippen LogP contribution in [0.2, 0.25) is 0 Å². The van der Waals surface area contributed by atoms with E-state index >= 15 is 0 Å². The molecule has 3 nitrogen and oxygen atoms in total. The van der Waals surface area contributed by atoms with Crippen LogP contribution in [0.1, 0.15) is 36.5 Å². The van der Waals surface area contributed by atoms with Crippen LogP contribution in [0.25, 0.3) is 50.2 Å². The molecule has 0 aliphatic carbocycles. The quantitative estimate of drug-likeness (QED) is 0.265. The fraction of sp³-hybridized carbons (Fsp3) is 0.156. The lowest BCUT2D eigenvalue weighted by Crippen LogP contribution is -2.03. The van der Waals surface area contributed by atoms with Gasteiger partial charge in [-0.2, -0.15) is 0 Å². The van der Waals surface area contributed by atoms with Crippen molar-refractivity contribution in [3.63, 3.8) is 0 Å². The topological polar surface area (TPSA) is 31.0 Å². The highest BCUT2D eigenvalue weighted by Crippen LogP contribution is 2.38. The fourth-order valence-electron chi connectivity index (χ4n) is 5.12. The Labute approximate surface area is 205 Å². The highest BCUT2D eigenvalue weighted by molar-refractivity contribution is 5.96. The Balaban J connectivity index is 1.63. The number of imidazole rings is 1. The Kier molecular flexibility index (Phi) is 5.07. The third-order valence-electron chi connectivity index (χ3n) is 6.89. The summed E-state index contributed by atoms with van der Waals surface area (Å²) >= 11 is 0. The SMILES string of the molecule is Cc1cc(-c2ccccc2)cc(C)c1-n1c(-c2coc3ccc(C(C)C)cc23)nc2ccccc21. The van der Waals surface area contributed by atoms with E-state index in [-0.39, 0.29) is 0 Å². The van der Waals surface area contributed by atoms with Crippen LogP contribution in [0.15, 0.2) is 95.6 Å². The number of benzene rings is 4. The van der Waals surface area contributed by atoms with Crippen molar-refractivity contribution >= 4 is 22.0 Å². The zero-order chi connectivity index (χ0) is 24.1. The lowest BCUT2D eigenvalue weighted by molar-refractivity contribution is 0.616. The summed E-state index contributed by atoms with van der Waals surface area (Å²) in [6.07, 6.45) is 1.86. The van der Waals surface area contributed by atoms with E-state index in [1.54, 1.807) is 0 Å². The minimum atomic E-state index is 0.441. The Morgan fingerprint density at radius 1 is 0.771 bits per heavy atom. The minimum Gasteiger partial charge on any atom is -0.464 e. The second-order valence-corrected chi connectivity index (χ2v) is 9.64. The van der Waals surface area contributed by atoms with Gasteiger partial charge in [0.2, 0.25) is 0 Å². The number of para-hydroxylation sites is 2. The Bertz CT molecular complexity index is 1660. The van der Waals surface area contributed by atoms with Crippen LogP contribution in [0.3, 0.4) is 0 Å². The van der Waals surface area contributed by atoms with Gasteiger partial charge < -0.3 is 4.42 Å². The van der Waals surface area contributed by atoms with Crippen molar-refractivity contribution in [2.45, 2.75) is 33.6 Å². The van der Waals surface area contributed by atoms with Crippen LogP contribution in [0.4, 0.5) is 0 Å². The second kappa shape index (κ2) is 8.28. The van der Waals surface area contributed by atoms with E-state index in [2.05, 4.69) is 111 Å². The number of hydrogen-bond donors (Lipinski definition) is 0. The van der Waals surface area contributed by atoms with Crippen molar-refractivity contribution in [2.24, 2.45) is 0 Å². The molecule has 0 amide bonds. The molecule has 172 valence electrons. The Morgan fingerprint density at radius 2 is 1.49 bits per heavy atom. The fourth-order valence-corrected chi connectivity index (χ4v) is 5.12. The molecular formula is C32H28N2O. The summed E-state index contributed by atoms with van der Waals surface area (Å²) in [4.78, 5) is 5.12. The molecule has 3 heteroatoms. The van der Waals surface area contributed by atoms with E-state index in [0.717, 1.165) is 33.4 Å². The molecule has 4 aromatic carbocycles. The normalized spacial score (nSPS) is 11.7. The number of rotatable bonds is 4. The van der Waals surface area contributed by atoms with Gasteiger partial charge in [0.15, 0.2) is 0 Å². The van der Waals surface area contributed by atoms with Crippen LogP contribution in [-0.4, -0.2) is 9.55 Å². The van der Waals surface area contributed by atoms with Crippen LogP contribution in [-0.2, 0) is 0 Å². The van der Waals surface area contributed by atoms with Gasteiger partial charge in [0.25, 0.3) is 0 Å². The lowest BCUT2D eigenvalue weighted by Gasteiger charge is -2.17. The number of aryl methyl sites for hydroxylation is 2. The van der Waals surface area contributed by atoms with Gasteiger partial charge >= 0.3 is 0 Å². The number of fused-ring (bicyclic) bond motifs is 2. The minimum absolute atomic E-state index is 0.441. The van der Waals surface area contributed by atoms with Gasteiger partial charge in [-0.05, 0) is 84.0 Å². The van der Waals surface area contributed by atoms with E-state index in [1.807, 2.05) is 12.3 Å². The highest BCUT2D eigenvalue weighted by Gasteiger charge is 2.21.